The first-order valence-electron chi connectivity index (χ1n) is 26.6. The Morgan fingerprint density at radius 3 is 2.22 bits per heavy atom. The summed E-state index contributed by atoms with van der Waals surface area (Å²) in [7, 11) is 2.99. The molecule has 0 radical (unpaired) electrons. The van der Waals surface area contributed by atoms with Gasteiger partial charge in [-0.2, -0.15) is 0 Å². The Morgan fingerprint density at radius 2 is 1.52 bits per heavy atom. The second kappa shape index (κ2) is 26.0. The molecule has 1 saturated carbocycles. The molecule has 0 spiro atoms. The molecule has 5 aromatic rings. The third-order valence-electron chi connectivity index (χ3n) is 15.0. The fourth-order valence-electron chi connectivity index (χ4n) is 11.3. The number of nitro groups is 2. The summed E-state index contributed by atoms with van der Waals surface area (Å²) < 4.78 is 43.0. The van der Waals surface area contributed by atoms with Crippen molar-refractivity contribution in [2.45, 2.75) is 75.8 Å². The number of rotatable bonds is 25. The Kier molecular flexibility index (Phi) is 18.3. The van der Waals surface area contributed by atoms with E-state index in [-0.39, 0.29) is 75.1 Å². The van der Waals surface area contributed by atoms with E-state index in [4.69, 9.17) is 43.2 Å². The van der Waals surface area contributed by atoms with Crippen LogP contribution < -0.4 is 33.7 Å². The van der Waals surface area contributed by atoms with E-state index >= 15 is 4.79 Å². The number of hydrogen-bond donors (Lipinski definition) is 3. The van der Waals surface area contributed by atoms with E-state index in [0.29, 0.717) is 101 Å². The van der Waals surface area contributed by atoms with Crippen LogP contribution >= 0.6 is 0 Å². The molecule has 9 rings (SSSR count). The maximum atomic E-state index is 15.5. The van der Waals surface area contributed by atoms with Crippen molar-refractivity contribution in [3.63, 3.8) is 0 Å². The lowest BCUT2D eigenvalue weighted by atomic mass is 9.55. The van der Waals surface area contributed by atoms with Crippen LogP contribution in [0.1, 0.15) is 73.1 Å². The third kappa shape index (κ3) is 12.8. The van der Waals surface area contributed by atoms with Crippen LogP contribution in [0.4, 0.5) is 21.9 Å². The Bertz CT molecular complexity index is 3200. The molecule has 21 nitrogen and oxygen atoms in total. The van der Waals surface area contributed by atoms with Crippen molar-refractivity contribution in [2.24, 2.45) is 22.9 Å². The normalized spacial score (nSPS) is 20.7. The van der Waals surface area contributed by atoms with Crippen LogP contribution in [0.3, 0.4) is 0 Å². The highest BCUT2D eigenvalue weighted by Gasteiger charge is 2.65. The van der Waals surface area contributed by atoms with Gasteiger partial charge in [0.25, 0.3) is 11.4 Å². The van der Waals surface area contributed by atoms with Gasteiger partial charge in [-0.15, -0.1) is 6.58 Å². The summed E-state index contributed by atoms with van der Waals surface area (Å²) >= 11 is 0. The Balaban J connectivity index is 1.22. The van der Waals surface area contributed by atoms with Crippen molar-refractivity contribution in [2.75, 3.05) is 46.1 Å². The first-order valence-corrected chi connectivity index (χ1v) is 26.6. The van der Waals surface area contributed by atoms with E-state index in [1.54, 1.807) is 89.8 Å². The van der Waals surface area contributed by atoms with Crippen LogP contribution in [0.5, 0.6) is 34.5 Å². The molecule has 1 fully saturated rings. The summed E-state index contributed by atoms with van der Waals surface area (Å²) in [5.74, 6) is -1.41. The number of unbranched alkanes of at least 4 members (excludes halogenated alkanes) is 2. The molecule has 2 heterocycles. The summed E-state index contributed by atoms with van der Waals surface area (Å²) in [5, 5.41) is 51.0. The average Bonchev–Trinajstić information content (AvgIpc) is 1.89. The summed E-state index contributed by atoms with van der Waals surface area (Å²) in [4.78, 5) is 59.3. The molecule has 21 heteroatoms. The quantitative estimate of drug-likeness (QED) is 0.0161. The lowest BCUT2D eigenvalue weighted by Gasteiger charge is -2.60. The lowest BCUT2D eigenvalue weighted by Crippen LogP contribution is -2.70. The minimum Gasteiger partial charge on any atom is -0.497 e. The van der Waals surface area contributed by atoms with Gasteiger partial charge in [0.1, 0.15) is 35.6 Å². The second-order valence-electron chi connectivity index (χ2n) is 19.9. The van der Waals surface area contributed by atoms with Crippen molar-refractivity contribution >= 4 is 40.9 Å². The maximum Gasteiger partial charge on any atom is 0.417 e. The van der Waals surface area contributed by atoms with Gasteiger partial charge in [-0.05, 0) is 133 Å². The number of carbonyl (C=O) groups is 2. The summed E-state index contributed by atoms with van der Waals surface area (Å²) in [6.45, 7) is 3.86. The first-order chi connectivity index (χ1) is 39.4. The van der Waals surface area contributed by atoms with Crippen LogP contribution in [-0.4, -0.2) is 95.3 Å². The lowest BCUT2D eigenvalue weighted by molar-refractivity contribution is -0.385. The predicted molar refractivity (Wildman–Crippen MR) is 297 cm³/mol. The number of non-ortho nitro benzene ring substituents is 2. The van der Waals surface area contributed by atoms with Gasteiger partial charge in [-0.1, -0.05) is 36.2 Å². The second-order valence-corrected chi connectivity index (χ2v) is 19.9. The molecule has 0 unspecified atom stereocenters. The Labute approximate surface area is 467 Å². The highest BCUT2D eigenvalue weighted by atomic mass is 16.7. The molecule has 81 heavy (non-hydrogen) atoms. The number of ether oxygens (including phenoxy) is 7. The maximum absolute atomic E-state index is 15.5. The molecule has 3 N–H and O–H groups in total. The Hall–Kier alpha value is -8.79. The van der Waals surface area contributed by atoms with Crippen LogP contribution in [0, 0.1) is 38.0 Å². The molecule has 0 bridgehead atoms. The molecule has 424 valence electrons. The monoisotopic (exact) mass is 1110 g/mol. The molecule has 2 aliphatic carbocycles. The van der Waals surface area contributed by atoms with Crippen molar-refractivity contribution in [3.8, 4) is 34.5 Å². The van der Waals surface area contributed by atoms with E-state index in [1.165, 1.54) is 44.6 Å². The SMILES string of the molecule is C=CCO[C@@]12Oc3ccc(OC(=O)Nc4ccc(OC)cc4OC)cc3[C@H]3[C@H](CCCCO)[C@@H](CCCCO)C=C(C(=NOCc4ccc([N+](=O)[O-])cc4)C[C@@H]1N(Cc1ccc4c(c1)OCO4)C(=O)C=Cc1ccc([N+](=O)[O-])cc1)[C@H]32. The minimum atomic E-state index is -1.72. The standard InChI is InChI=1S/C60H63N5O16/c1-4-29-78-60-55(63(35-40-15-24-52-54(30-40)77-37-76-52)56(68)26-16-38-11-17-42(18-12-38)64(70)71)34-50(62-79-36-39-13-19-43(20-14-39)65(72)73)47-31-41(9-5-7-27-66)46(10-6-8-28-67)57(58(47)60)48-32-45(22-25-51(48)81-60)80-59(69)61-49-23-21-44(74-2)33-53(49)75-3/h4,11-26,30-33,41,46,55,57-58,66-67H,1,5-10,27-29,34-37H2,2-3H3,(H,61,69)/t41-,46+,55-,57+,58+,60+/m0/s1. The number of aliphatic hydroxyl groups excluding tert-OH is 2. The van der Waals surface area contributed by atoms with Crippen LogP contribution in [0.25, 0.3) is 6.08 Å². The van der Waals surface area contributed by atoms with Gasteiger partial charge >= 0.3 is 6.09 Å². The number of allylic oxidation sites excluding steroid dienone is 1. The molecular formula is C60H63N5O16. The predicted octanol–water partition coefficient (Wildman–Crippen LogP) is 10.4. The van der Waals surface area contributed by atoms with Crippen LogP contribution in [0.2, 0.25) is 0 Å². The molecule has 2 aliphatic heterocycles. The zero-order chi connectivity index (χ0) is 57.0. The number of oxime groups is 1. The number of hydrogen-bond acceptors (Lipinski definition) is 17. The summed E-state index contributed by atoms with van der Waals surface area (Å²) in [5.41, 5.74) is 3.78. The fraction of sp³-hybridized carbons (Fsp3) is 0.350. The Morgan fingerprint density at radius 1 is 0.827 bits per heavy atom. The minimum absolute atomic E-state index is 0.00180. The number of carbonyl (C=O) groups excluding carboxylic acids is 2. The highest BCUT2D eigenvalue weighted by Crippen LogP contribution is 2.62. The van der Waals surface area contributed by atoms with Gasteiger partial charge in [-0.3, -0.25) is 30.3 Å². The molecule has 4 aliphatic rings. The van der Waals surface area contributed by atoms with E-state index in [2.05, 4.69) is 18.0 Å². The summed E-state index contributed by atoms with van der Waals surface area (Å²) in [6.07, 6.45) is 9.56. The van der Waals surface area contributed by atoms with E-state index in [0.717, 1.165) is 5.57 Å². The van der Waals surface area contributed by atoms with Gasteiger partial charge in [0.05, 0.1) is 48.0 Å². The third-order valence-corrected chi connectivity index (χ3v) is 15.0. The van der Waals surface area contributed by atoms with Crippen LogP contribution in [-0.2, 0) is 27.5 Å². The van der Waals surface area contributed by atoms with Crippen molar-refractivity contribution < 1.29 is 67.6 Å². The molecule has 6 atom stereocenters. The molecule has 5 aromatic carbocycles. The number of nitrogens with one attached hydrogen (secondary N) is 1. The highest BCUT2D eigenvalue weighted by molar-refractivity contribution is 6.03. The smallest absolute Gasteiger partial charge is 0.417 e. The number of benzene rings is 5. The van der Waals surface area contributed by atoms with E-state index in [1.807, 2.05) is 6.07 Å². The van der Waals surface area contributed by atoms with Gasteiger partial charge in [0.15, 0.2) is 11.5 Å². The van der Waals surface area contributed by atoms with E-state index < -0.39 is 45.5 Å². The molecular weight excluding hydrogens is 1050 g/mol. The number of aliphatic hydroxyl groups is 2. The van der Waals surface area contributed by atoms with Gasteiger partial charge in [0.2, 0.25) is 18.5 Å². The molecule has 0 saturated heterocycles. The van der Waals surface area contributed by atoms with E-state index in [9.17, 15) is 35.2 Å². The van der Waals surface area contributed by atoms with Gasteiger partial charge in [-0.25, -0.2) is 4.79 Å². The van der Waals surface area contributed by atoms with Crippen molar-refractivity contribution in [1.29, 1.82) is 0 Å². The van der Waals surface area contributed by atoms with Crippen LogP contribution in [0.15, 0.2) is 139 Å². The average molecular weight is 1110 g/mol. The molecule has 2 amide bonds. The van der Waals surface area contributed by atoms with Crippen molar-refractivity contribution in [1.82, 2.24) is 4.90 Å². The zero-order valence-corrected chi connectivity index (χ0v) is 44.8. The largest absolute Gasteiger partial charge is 0.497 e. The number of amides is 2. The fourth-order valence-corrected chi connectivity index (χ4v) is 11.3. The molecule has 0 aromatic heterocycles. The number of anilines is 1. The first kappa shape index (κ1) is 56.9. The topological polar surface area (TPSA) is 262 Å². The number of nitro benzene ring substituents is 2. The summed E-state index contributed by atoms with van der Waals surface area (Å²) in [6, 6.07) is 26.2. The van der Waals surface area contributed by atoms with Gasteiger partial charge < -0.3 is 53.1 Å². The van der Waals surface area contributed by atoms with Crippen molar-refractivity contribution in [3.05, 3.63) is 176 Å². The zero-order valence-electron chi connectivity index (χ0n) is 44.8. The van der Waals surface area contributed by atoms with Gasteiger partial charge in [0, 0.05) is 74.1 Å². The number of methoxy groups -OCH3 is 2. The number of nitrogens with zero attached hydrogens (tertiary/aromatic N) is 4. The number of fused-ring (bicyclic) bond motifs is 3.